The molecule has 2 nitrogen and oxygen atoms in total. The average Bonchev–Trinajstić information content (AvgIpc) is 3.07. The SMILES string of the molecule is CC(NCC1CC2C=CC1C2)c1ccc(C#N)cc1. The predicted molar refractivity (Wildman–Crippen MR) is 76.4 cm³/mol. The van der Waals surface area contributed by atoms with E-state index in [1.807, 2.05) is 12.1 Å². The third-order valence-electron chi connectivity index (χ3n) is 4.64. The molecule has 1 saturated carbocycles. The highest BCUT2D eigenvalue weighted by Gasteiger charge is 2.35. The van der Waals surface area contributed by atoms with Crippen molar-refractivity contribution in [1.29, 1.82) is 5.26 Å². The zero-order valence-corrected chi connectivity index (χ0v) is 11.3. The van der Waals surface area contributed by atoms with E-state index in [0.717, 1.165) is 29.9 Å². The van der Waals surface area contributed by atoms with E-state index < -0.39 is 0 Å². The van der Waals surface area contributed by atoms with Crippen LogP contribution in [0, 0.1) is 29.1 Å². The van der Waals surface area contributed by atoms with Crippen LogP contribution in [0.25, 0.3) is 0 Å². The largest absolute Gasteiger partial charge is 0.310 e. The van der Waals surface area contributed by atoms with Gasteiger partial charge in [-0.25, -0.2) is 0 Å². The summed E-state index contributed by atoms with van der Waals surface area (Å²) in [5.74, 6) is 2.48. The monoisotopic (exact) mass is 252 g/mol. The first-order chi connectivity index (χ1) is 9.26. The van der Waals surface area contributed by atoms with Gasteiger partial charge in [0.1, 0.15) is 0 Å². The van der Waals surface area contributed by atoms with E-state index >= 15 is 0 Å². The molecule has 1 fully saturated rings. The van der Waals surface area contributed by atoms with Crippen molar-refractivity contribution in [1.82, 2.24) is 5.32 Å². The predicted octanol–water partition coefficient (Wildman–Crippen LogP) is 3.42. The number of allylic oxidation sites excluding steroid dienone is 2. The molecule has 98 valence electrons. The Labute approximate surface area is 115 Å². The van der Waals surface area contributed by atoms with Crippen LogP contribution in [0.15, 0.2) is 36.4 Å². The van der Waals surface area contributed by atoms with Crippen LogP contribution in [0.5, 0.6) is 0 Å². The lowest BCUT2D eigenvalue weighted by Crippen LogP contribution is -2.27. The van der Waals surface area contributed by atoms with Gasteiger partial charge in [-0.05, 0) is 61.8 Å². The molecule has 0 spiro atoms. The Morgan fingerprint density at radius 1 is 1.26 bits per heavy atom. The zero-order valence-electron chi connectivity index (χ0n) is 11.3. The number of benzene rings is 1. The highest BCUT2D eigenvalue weighted by atomic mass is 14.9. The summed E-state index contributed by atoms with van der Waals surface area (Å²) in [7, 11) is 0. The minimum Gasteiger partial charge on any atom is -0.310 e. The molecule has 0 radical (unpaired) electrons. The van der Waals surface area contributed by atoms with Crippen LogP contribution in [0.2, 0.25) is 0 Å². The van der Waals surface area contributed by atoms with Crippen LogP contribution in [0.4, 0.5) is 0 Å². The molecule has 0 amide bonds. The van der Waals surface area contributed by atoms with Crippen LogP contribution >= 0.6 is 0 Å². The van der Waals surface area contributed by atoms with Crippen molar-refractivity contribution in [2.75, 3.05) is 6.54 Å². The van der Waals surface area contributed by atoms with Crippen LogP contribution < -0.4 is 5.32 Å². The van der Waals surface area contributed by atoms with Crippen molar-refractivity contribution in [3.8, 4) is 6.07 Å². The van der Waals surface area contributed by atoms with Gasteiger partial charge in [0.2, 0.25) is 0 Å². The van der Waals surface area contributed by atoms with Gasteiger partial charge in [-0.1, -0.05) is 24.3 Å². The number of nitrogens with one attached hydrogen (secondary N) is 1. The van der Waals surface area contributed by atoms with Gasteiger partial charge in [0.15, 0.2) is 0 Å². The quantitative estimate of drug-likeness (QED) is 0.833. The molecule has 0 heterocycles. The highest BCUT2D eigenvalue weighted by molar-refractivity contribution is 5.32. The van der Waals surface area contributed by atoms with E-state index in [0.29, 0.717) is 6.04 Å². The van der Waals surface area contributed by atoms with Gasteiger partial charge >= 0.3 is 0 Å². The van der Waals surface area contributed by atoms with Crippen molar-refractivity contribution in [3.63, 3.8) is 0 Å². The maximum absolute atomic E-state index is 8.80. The van der Waals surface area contributed by atoms with E-state index in [4.69, 9.17) is 5.26 Å². The first-order valence-electron chi connectivity index (χ1n) is 7.18. The van der Waals surface area contributed by atoms with E-state index in [9.17, 15) is 0 Å². The summed E-state index contributed by atoms with van der Waals surface area (Å²) in [5.41, 5.74) is 1.99. The molecule has 0 aliphatic heterocycles. The molecule has 2 aliphatic rings. The average molecular weight is 252 g/mol. The second-order valence-corrected chi connectivity index (χ2v) is 5.90. The summed E-state index contributed by atoms with van der Waals surface area (Å²) in [4.78, 5) is 0. The van der Waals surface area contributed by atoms with Crippen molar-refractivity contribution < 1.29 is 0 Å². The maximum Gasteiger partial charge on any atom is 0.0991 e. The number of hydrogen-bond donors (Lipinski definition) is 1. The molecule has 4 unspecified atom stereocenters. The van der Waals surface area contributed by atoms with Gasteiger partial charge < -0.3 is 5.32 Å². The van der Waals surface area contributed by atoms with Crippen LogP contribution in [0.1, 0.15) is 36.9 Å². The van der Waals surface area contributed by atoms with E-state index in [1.165, 1.54) is 18.4 Å². The minimum absolute atomic E-state index is 0.357. The summed E-state index contributed by atoms with van der Waals surface area (Å²) >= 11 is 0. The molecule has 4 atom stereocenters. The minimum atomic E-state index is 0.357. The van der Waals surface area contributed by atoms with Crippen molar-refractivity contribution >= 4 is 0 Å². The maximum atomic E-state index is 8.80. The second-order valence-electron chi connectivity index (χ2n) is 5.90. The van der Waals surface area contributed by atoms with E-state index in [-0.39, 0.29) is 0 Å². The number of hydrogen-bond acceptors (Lipinski definition) is 2. The number of nitrogens with zero attached hydrogens (tertiary/aromatic N) is 1. The standard InChI is InChI=1S/C17H20N2/c1-12(15-5-2-13(10-18)3-6-15)19-11-17-9-14-4-7-16(17)8-14/h2-7,12,14,16-17,19H,8-9,11H2,1H3. The lowest BCUT2D eigenvalue weighted by atomic mass is 9.93. The Morgan fingerprint density at radius 3 is 2.63 bits per heavy atom. The highest BCUT2D eigenvalue weighted by Crippen LogP contribution is 2.43. The van der Waals surface area contributed by atoms with Gasteiger partial charge in [-0.2, -0.15) is 5.26 Å². The number of nitriles is 1. The molecule has 0 aromatic heterocycles. The fraction of sp³-hybridized carbons (Fsp3) is 0.471. The first kappa shape index (κ1) is 12.4. The van der Waals surface area contributed by atoms with E-state index in [2.05, 4.69) is 42.6 Å². The Balaban J connectivity index is 1.55. The zero-order chi connectivity index (χ0) is 13.2. The van der Waals surface area contributed by atoms with Crippen molar-refractivity contribution in [3.05, 3.63) is 47.5 Å². The second kappa shape index (κ2) is 5.19. The number of rotatable bonds is 4. The lowest BCUT2D eigenvalue weighted by Gasteiger charge is -2.22. The molecular weight excluding hydrogens is 232 g/mol. The lowest BCUT2D eigenvalue weighted by molar-refractivity contribution is 0.393. The molecule has 3 rings (SSSR count). The molecular formula is C17H20N2. The van der Waals surface area contributed by atoms with Crippen LogP contribution in [0.3, 0.4) is 0 Å². The van der Waals surface area contributed by atoms with Crippen molar-refractivity contribution in [2.24, 2.45) is 17.8 Å². The molecule has 1 aromatic rings. The van der Waals surface area contributed by atoms with Gasteiger partial charge in [0.25, 0.3) is 0 Å². The summed E-state index contributed by atoms with van der Waals surface area (Å²) in [6.07, 6.45) is 7.53. The third-order valence-corrected chi connectivity index (χ3v) is 4.64. The molecule has 1 N–H and O–H groups in total. The molecule has 2 aliphatic carbocycles. The molecule has 2 bridgehead atoms. The van der Waals surface area contributed by atoms with Crippen LogP contribution in [-0.2, 0) is 0 Å². The Kier molecular flexibility index (Phi) is 3.40. The van der Waals surface area contributed by atoms with Gasteiger partial charge in [-0.15, -0.1) is 0 Å². The van der Waals surface area contributed by atoms with Gasteiger partial charge in [0, 0.05) is 6.04 Å². The molecule has 19 heavy (non-hydrogen) atoms. The van der Waals surface area contributed by atoms with Crippen molar-refractivity contribution in [2.45, 2.75) is 25.8 Å². The molecule has 1 aromatic carbocycles. The summed E-state index contributed by atoms with van der Waals surface area (Å²) in [6.45, 7) is 3.30. The normalized spacial score (nSPS) is 29.4. The fourth-order valence-electron chi connectivity index (χ4n) is 3.42. The topological polar surface area (TPSA) is 35.8 Å². The summed E-state index contributed by atoms with van der Waals surface area (Å²) in [6, 6.07) is 10.4. The Morgan fingerprint density at radius 2 is 2.05 bits per heavy atom. The molecule has 0 saturated heterocycles. The van der Waals surface area contributed by atoms with Gasteiger partial charge in [0.05, 0.1) is 11.6 Å². The Hall–Kier alpha value is -1.59. The number of fused-ring (bicyclic) bond motifs is 2. The third kappa shape index (κ3) is 2.57. The van der Waals surface area contributed by atoms with Crippen LogP contribution in [-0.4, -0.2) is 6.54 Å². The fourth-order valence-corrected chi connectivity index (χ4v) is 3.42. The smallest absolute Gasteiger partial charge is 0.0991 e. The molecule has 2 heteroatoms. The first-order valence-corrected chi connectivity index (χ1v) is 7.18. The Bertz CT molecular complexity index is 509. The van der Waals surface area contributed by atoms with Gasteiger partial charge in [-0.3, -0.25) is 0 Å². The van der Waals surface area contributed by atoms with E-state index in [1.54, 1.807) is 0 Å². The summed E-state index contributed by atoms with van der Waals surface area (Å²) < 4.78 is 0. The summed E-state index contributed by atoms with van der Waals surface area (Å²) in [5, 5.41) is 12.4.